The second-order valence-electron chi connectivity index (χ2n) is 3.03. The average molecular weight is 168 g/mol. The summed E-state index contributed by atoms with van der Waals surface area (Å²) in [5.74, 6) is 2.06. The highest BCUT2D eigenvalue weighted by Gasteiger charge is 2.08. The van der Waals surface area contributed by atoms with Crippen molar-refractivity contribution in [2.75, 3.05) is 6.54 Å². The largest absolute Gasteiger partial charge is 0.330 e. The van der Waals surface area contributed by atoms with Crippen LogP contribution >= 0.6 is 0 Å². The Kier molecular flexibility index (Phi) is 3.22. The summed E-state index contributed by atoms with van der Waals surface area (Å²) >= 11 is 0. The molecule has 0 spiro atoms. The van der Waals surface area contributed by atoms with Crippen LogP contribution in [0.5, 0.6) is 0 Å². The molecule has 0 aromatic carbocycles. The summed E-state index contributed by atoms with van der Waals surface area (Å²) in [7, 11) is 0. The molecule has 0 aliphatic carbocycles. The van der Waals surface area contributed by atoms with Gasteiger partial charge in [0.1, 0.15) is 5.82 Å². The van der Waals surface area contributed by atoms with Crippen molar-refractivity contribution in [1.29, 1.82) is 0 Å². The van der Waals surface area contributed by atoms with E-state index < -0.39 is 0 Å². The van der Waals surface area contributed by atoms with E-state index in [4.69, 9.17) is 5.73 Å². The normalized spacial score (nSPS) is 13.2. The molecule has 1 heterocycles. The zero-order valence-electron chi connectivity index (χ0n) is 7.67. The lowest BCUT2D eigenvalue weighted by atomic mass is 10.2. The molecule has 0 fully saturated rings. The zero-order chi connectivity index (χ0) is 8.97. The van der Waals surface area contributed by atoms with Gasteiger partial charge in [-0.15, -0.1) is 0 Å². The van der Waals surface area contributed by atoms with E-state index in [0.717, 1.165) is 24.5 Å². The third-order valence-corrected chi connectivity index (χ3v) is 1.83. The van der Waals surface area contributed by atoms with Gasteiger partial charge in [0.25, 0.3) is 0 Å². The molecule has 3 N–H and O–H groups in total. The van der Waals surface area contributed by atoms with Gasteiger partial charge >= 0.3 is 0 Å². The van der Waals surface area contributed by atoms with Crippen LogP contribution in [0.2, 0.25) is 0 Å². The summed E-state index contributed by atoms with van der Waals surface area (Å²) in [5.41, 5.74) is 5.49. The summed E-state index contributed by atoms with van der Waals surface area (Å²) in [4.78, 5) is 4.32. The number of rotatable bonds is 4. The fourth-order valence-corrected chi connectivity index (χ4v) is 0.984. The van der Waals surface area contributed by atoms with Crippen LogP contribution in [0, 0.1) is 0 Å². The first-order valence-corrected chi connectivity index (χ1v) is 4.39. The van der Waals surface area contributed by atoms with Crippen molar-refractivity contribution in [2.45, 2.75) is 32.6 Å². The first-order valence-electron chi connectivity index (χ1n) is 4.39. The summed E-state index contributed by atoms with van der Waals surface area (Å²) in [5, 5.41) is 6.99. The number of aromatic nitrogens is 3. The molecule has 1 rings (SSSR count). The molecule has 1 unspecified atom stereocenters. The Morgan fingerprint density at radius 2 is 2.33 bits per heavy atom. The van der Waals surface area contributed by atoms with Crippen LogP contribution in [0.4, 0.5) is 0 Å². The van der Waals surface area contributed by atoms with Gasteiger partial charge in [-0.05, 0) is 6.42 Å². The van der Waals surface area contributed by atoms with E-state index in [1.807, 2.05) is 6.92 Å². The number of hydrogen-bond donors (Lipinski definition) is 2. The Morgan fingerprint density at radius 3 is 2.92 bits per heavy atom. The zero-order valence-corrected chi connectivity index (χ0v) is 7.67. The average Bonchev–Trinajstić information content (AvgIpc) is 2.52. The number of aryl methyl sites for hydroxylation is 1. The van der Waals surface area contributed by atoms with Gasteiger partial charge in [0.2, 0.25) is 0 Å². The molecule has 0 radical (unpaired) electrons. The fourth-order valence-electron chi connectivity index (χ4n) is 0.984. The number of hydrogen-bond acceptors (Lipinski definition) is 3. The van der Waals surface area contributed by atoms with Crippen molar-refractivity contribution in [3.8, 4) is 0 Å². The number of H-pyrrole nitrogens is 1. The van der Waals surface area contributed by atoms with E-state index in [-0.39, 0.29) is 5.92 Å². The van der Waals surface area contributed by atoms with Crippen LogP contribution in [0.25, 0.3) is 0 Å². The summed E-state index contributed by atoms with van der Waals surface area (Å²) in [6.07, 6.45) is 2.05. The quantitative estimate of drug-likeness (QED) is 0.699. The van der Waals surface area contributed by atoms with Crippen LogP contribution in [-0.4, -0.2) is 21.7 Å². The highest BCUT2D eigenvalue weighted by Crippen LogP contribution is 2.07. The molecule has 0 saturated carbocycles. The maximum Gasteiger partial charge on any atom is 0.154 e. The SMILES string of the molecule is CCCc1nc(C(C)CN)n[nH]1. The Labute approximate surface area is 72.6 Å². The first kappa shape index (κ1) is 9.19. The minimum atomic E-state index is 0.256. The van der Waals surface area contributed by atoms with Crippen molar-refractivity contribution >= 4 is 0 Å². The van der Waals surface area contributed by atoms with E-state index >= 15 is 0 Å². The Balaban J connectivity index is 2.63. The van der Waals surface area contributed by atoms with E-state index in [2.05, 4.69) is 22.1 Å². The Morgan fingerprint density at radius 1 is 1.58 bits per heavy atom. The van der Waals surface area contributed by atoms with Crippen LogP contribution < -0.4 is 5.73 Å². The summed E-state index contributed by atoms with van der Waals surface area (Å²) in [6.45, 7) is 4.75. The van der Waals surface area contributed by atoms with E-state index in [9.17, 15) is 0 Å². The molecule has 0 saturated heterocycles. The van der Waals surface area contributed by atoms with Crippen molar-refractivity contribution in [3.05, 3.63) is 11.6 Å². The van der Waals surface area contributed by atoms with Gasteiger partial charge in [-0.2, -0.15) is 5.10 Å². The van der Waals surface area contributed by atoms with Gasteiger partial charge in [-0.1, -0.05) is 13.8 Å². The molecule has 1 aromatic rings. The summed E-state index contributed by atoms with van der Waals surface area (Å²) < 4.78 is 0. The van der Waals surface area contributed by atoms with Crippen LogP contribution in [0.15, 0.2) is 0 Å². The molecule has 0 aliphatic heterocycles. The van der Waals surface area contributed by atoms with Crippen molar-refractivity contribution < 1.29 is 0 Å². The molecule has 0 bridgehead atoms. The summed E-state index contributed by atoms with van der Waals surface area (Å²) in [6, 6.07) is 0. The second kappa shape index (κ2) is 4.21. The molecule has 1 atom stereocenters. The number of nitrogens with zero attached hydrogens (tertiary/aromatic N) is 2. The van der Waals surface area contributed by atoms with Gasteiger partial charge < -0.3 is 5.73 Å². The molecular formula is C8H16N4. The van der Waals surface area contributed by atoms with Gasteiger partial charge in [0.15, 0.2) is 5.82 Å². The second-order valence-corrected chi connectivity index (χ2v) is 3.03. The molecule has 68 valence electrons. The minimum absolute atomic E-state index is 0.256. The number of nitrogens with two attached hydrogens (primary N) is 1. The van der Waals surface area contributed by atoms with Crippen LogP contribution in [0.3, 0.4) is 0 Å². The third kappa shape index (κ3) is 2.04. The smallest absolute Gasteiger partial charge is 0.154 e. The fraction of sp³-hybridized carbons (Fsp3) is 0.750. The minimum Gasteiger partial charge on any atom is -0.330 e. The van der Waals surface area contributed by atoms with Gasteiger partial charge in [0.05, 0.1) is 0 Å². The Bertz CT molecular complexity index is 231. The lowest BCUT2D eigenvalue weighted by Gasteiger charge is -1.99. The lowest BCUT2D eigenvalue weighted by molar-refractivity contribution is 0.715. The van der Waals surface area contributed by atoms with Gasteiger partial charge in [0, 0.05) is 18.9 Å². The Hall–Kier alpha value is -0.900. The maximum absolute atomic E-state index is 5.49. The highest BCUT2D eigenvalue weighted by molar-refractivity contribution is 4.96. The molecule has 1 aromatic heterocycles. The monoisotopic (exact) mass is 168 g/mol. The van der Waals surface area contributed by atoms with E-state index in [1.54, 1.807) is 0 Å². The van der Waals surface area contributed by atoms with E-state index in [0.29, 0.717) is 6.54 Å². The number of aromatic amines is 1. The highest BCUT2D eigenvalue weighted by atomic mass is 15.2. The first-order chi connectivity index (χ1) is 5.77. The van der Waals surface area contributed by atoms with Crippen molar-refractivity contribution in [1.82, 2.24) is 15.2 Å². The number of nitrogens with one attached hydrogen (secondary N) is 1. The van der Waals surface area contributed by atoms with Crippen molar-refractivity contribution in [3.63, 3.8) is 0 Å². The van der Waals surface area contributed by atoms with Gasteiger partial charge in [-0.3, -0.25) is 5.10 Å². The van der Waals surface area contributed by atoms with E-state index in [1.165, 1.54) is 0 Å². The predicted octanol–water partition coefficient (Wildman–Crippen LogP) is 0.819. The molecular weight excluding hydrogens is 152 g/mol. The van der Waals surface area contributed by atoms with Crippen LogP contribution in [0.1, 0.15) is 37.8 Å². The molecule has 0 amide bonds. The molecule has 12 heavy (non-hydrogen) atoms. The third-order valence-electron chi connectivity index (χ3n) is 1.83. The lowest BCUT2D eigenvalue weighted by Crippen LogP contribution is -2.10. The predicted molar refractivity (Wildman–Crippen MR) is 47.8 cm³/mol. The maximum atomic E-state index is 5.49. The molecule has 4 heteroatoms. The van der Waals surface area contributed by atoms with Crippen LogP contribution in [-0.2, 0) is 6.42 Å². The topological polar surface area (TPSA) is 67.6 Å². The van der Waals surface area contributed by atoms with Gasteiger partial charge in [-0.25, -0.2) is 4.98 Å². The van der Waals surface area contributed by atoms with Crippen molar-refractivity contribution in [2.24, 2.45) is 5.73 Å². The molecule has 0 aliphatic rings. The molecule has 4 nitrogen and oxygen atoms in total. The standard InChI is InChI=1S/C8H16N4/c1-3-4-7-10-8(12-11-7)6(2)5-9/h6H,3-5,9H2,1-2H3,(H,10,11,12).